The summed E-state index contributed by atoms with van der Waals surface area (Å²) in [5, 5.41) is 12.6. The van der Waals surface area contributed by atoms with Crippen molar-refractivity contribution in [2.24, 2.45) is 5.92 Å². The second-order valence-corrected chi connectivity index (χ2v) is 15.7. The summed E-state index contributed by atoms with van der Waals surface area (Å²) < 4.78 is 17.7. The summed E-state index contributed by atoms with van der Waals surface area (Å²) >= 11 is 0. The number of aromatic nitrogens is 1. The molecule has 0 spiro atoms. The van der Waals surface area contributed by atoms with Crippen molar-refractivity contribution in [3.05, 3.63) is 82.0 Å². The van der Waals surface area contributed by atoms with E-state index in [2.05, 4.69) is 31.9 Å². The van der Waals surface area contributed by atoms with Crippen molar-refractivity contribution in [3.63, 3.8) is 0 Å². The van der Waals surface area contributed by atoms with Gasteiger partial charge in [-0.1, -0.05) is 6.07 Å². The zero-order chi connectivity index (χ0) is 40.2. The largest absolute Gasteiger partial charge is 0.507 e. The topological polar surface area (TPSA) is 184 Å². The lowest BCUT2D eigenvalue weighted by molar-refractivity contribution is -0.136. The maximum absolute atomic E-state index is 13.6. The number of nitrogens with zero attached hydrogens (tertiary/aromatic N) is 5. The minimum Gasteiger partial charge on any atom is -0.507 e. The average Bonchev–Trinajstić information content (AvgIpc) is 3.55. The highest BCUT2D eigenvalue weighted by molar-refractivity contribution is 6.06. The molecular formula is C43H45N7O8. The van der Waals surface area contributed by atoms with Gasteiger partial charge >= 0.3 is 0 Å². The Labute approximate surface area is 333 Å². The van der Waals surface area contributed by atoms with Gasteiger partial charge in [0.05, 0.1) is 19.2 Å². The molecule has 3 aromatic carbocycles. The van der Waals surface area contributed by atoms with Crippen LogP contribution in [0.4, 0.5) is 17.2 Å². The molecule has 3 amide bonds. The van der Waals surface area contributed by atoms with Crippen LogP contribution >= 0.6 is 0 Å². The maximum atomic E-state index is 13.6. The number of phenols is 1. The first-order valence-electron chi connectivity index (χ1n) is 19.8. The molecule has 9 rings (SSSR count). The fraction of sp³-hybridized carbons (Fsp3) is 0.372. The number of hydrogen-bond acceptors (Lipinski definition) is 13. The molecule has 0 radical (unpaired) electrons. The number of imide groups is 1. The average molecular weight is 788 g/mol. The number of fused-ring (bicyclic) bond motifs is 3. The van der Waals surface area contributed by atoms with Crippen LogP contribution in [0.5, 0.6) is 23.0 Å². The molecule has 15 heteroatoms. The quantitative estimate of drug-likeness (QED) is 0.146. The van der Waals surface area contributed by atoms with Crippen LogP contribution in [0.2, 0.25) is 0 Å². The second kappa shape index (κ2) is 14.9. The highest BCUT2D eigenvalue weighted by atomic mass is 16.5. The fourth-order valence-corrected chi connectivity index (χ4v) is 8.92. The molecule has 300 valence electrons. The van der Waals surface area contributed by atoms with E-state index in [1.165, 1.54) is 6.07 Å². The second-order valence-electron chi connectivity index (χ2n) is 15.7. The molecule has 3 fully saturated rings. The van der Waals surface area contributed by atoms with E-state index in [1.54, 1.807) is 30.2 Å². The van der Waals surface area contributed by atoms with Crippen molar-refractivity contribution in [2.45, 2.75) is 51.2 Å². The number of nitrogen functional groups attached to an aromatic ring is 1. The monoisotopic (exact) mass is 787 g/mol. The molecule has 58 heavy (non-hydrogen) atoms. The fourth-order valence-electron chi connectivity index (χ4n) is 8.92. The summed E-state index contributed by atoms with van der Waals surface area (Å²) in [5.74, 6) is 0.958. The first-order chi connectivity index (χ1) is 28.0. The van der Waals surface area contributed by atoms with Crippen molar-refractivity contribution >= 4 is 57.0 Å². The number of anilines is 3. The number of nitrogens with two attached hydrogens (primary N) is 1. The number of piperidine rings is 2. The van der Waals surface area contributed by atoms with Crippen LogP contribution in [-0.2, 0) is 16.1 Å². The summed E-state index contributed by atoms with van der Waals surface area (Å²) in [6.45, 7) is 8.07. The van der Waals surface area contributed by atoms with E-state index >= 15 is 0 Å². The van der Waals surface area contributed by atoms with E-state index in [0.717, 1.165) is 69.0 Å². The first-order valence-corrected chi connectivity index (χ1v) is 19.8. The van der Waals surface area contributed by atoms with Crippen molar-refractivity contribution < 1.29 is 33.4 Å². The molecule has 0 bridgehead atoms. The van der Waals surface area contributed by atoms with E-state index in [9.17, 15) is 24.3 Å². The Morgan fingerprint density at radius 1 is 0.914 bits per heavy atom. The van der Waals surface area contributed by atoms with E-state index in [4.69, 9.17) is 19.6 Å². The maximum Gasteiger partial charge on any atom is 0.255 e. The van der Waals surface area contributed by atoms with E-state index in [1.807, 2.05) is 36.4 Å². The molecule has 0 aliphatic carbocycles. The molecule has 6 heterocycles. The minimum atomic E-state index is -0.666. The number of nitrogens with one attached hydrogen (secondary N) is 1. The third-order valence-electron chi connectivity index (χ3n) is 12.1. The van der Waals surface area contributed by atoms with Crippen LogP contribution in [0.25, 0.3) is 22.1 Å². The number of benzene rings is 3. The number of phenolic OH excluding ortho intramolecular Hbond substituents is 1. The van der Waals surface area contributed by atoms with Gasteiger partial charge in [0.1, 0.15) is 34.3 Å². The number of methoxy groups -OCH3 is 1. The molecule has 2 aromatic heterocycles. The summed E-state index contributed by atoms with van der Waals surface area (Å²) in [4.78, 5) is 64.0. The lowest BCUT2D eigenvalue weighted by Gasteiger charge is -2.43. The molecule has 0 saturated carbocycles. The SMILES string of the molecule is COc1cc(N2CCC(CN3CCN(c4ccc(Oc5cc6oc7cccc(O)c7c(=O)c6nc5N)cc4)C[C@@H]3C)CC2)cc2c1CN(C1CCC(=O)NC1=O)C2=O. The van der Waals surface area contributed by atoms with Crippen LogP contribution in [-0.4, -0.2) is 96.1 Å². The van der Waals surface area contributed by atoms with Gasteiger partial charge < -0.3 is 39.4 Å². The molecule has 5 aromatic rings. The Kier molecular flexibility index (Phi) is 9.54. The van der Waals surface area contributed by atoms with Crippen molar-refractivity contribution in [1.29, 1.82) is 0 Å². The lowest BCUT2D eigenvalue weighted by atomic mass is 9.94. The Hall–Kier alpha value is -6.35. The highest BCUT2D eigenvalue weighted by Gasteiger charge is 2.41. The molecule has 4 aliphatic rings. The Balaban J connectivity index is 0.790. The van der Waals surface area contributed by atoms with Crippen LogP contribution in [0.15, 0.2) is 69.9 Å². The molecule has 2 atom stereocenters. The Morgan fingerprint density at radius 2 is 1.71 bits per heavy atom. The van der Waals surface area contributed by atoms with Gasteiger partial charge in [-0.05, 0) is 74.6 Å². The molecule has 4 N–H and O–H groups in total. The Bertz CT molecular complexity index is 2520. The van der Waals surface area contributed by atoms with Gasteiger partial charge in [0.2, 0.25) is 17.2 Å². The molecule has 4 aliphatic heterocycles. The smallest absolute Gasteiger partial charge is 0.255 e. The third-order valence-corrected chi connectivity index (χ3v) is 12.1. The predicted molar refractivity (Wildman–Crippen MR) is 218 cm³/mol. The van der Waals surface area contributed by atoms with E-state index in [0.29, 0.717) is 35.4 Å². The van der Waals surface area contributed by atoms with Gasteiger partial charge in [-0.25, -0.2) is 4.98 Å². The number of carbonyl (C=O) groups is 3. The van der Waals surface area contributed by atoms with Gasteiger partial charge in [0.25, 0.3) is 5.91 Å². The van der Waals surface area contributed by atoms with Gasteiger partial charge in [-0.2, -0.15) is 0 Å². The molecule has 15 nitrogen and oxygen atoms in total. The number of rotatable bonds is 8. The van der Waals surface area contributed by atoms with Crippen LogP contribution < -0.4 is 35.8 Å². The number of aromatic hydroxyl groups is 1. The number of carbonyl (C=O) groups excluding carboxylic acids is 3. The number of hydrogen-bond donors (Lipinski definition) is 3. The van der Waals surface area contributed by atoms with E-state index in [-0.39, 0.29) is 64.2 Å². The van der Waals surface area contributed by atoms with Gasteiger partial charge in [0.15, 0.2) is 22.7 Å². The van der Waals surface area contributed by atoms with Gasteiger partial charge in [-0.3, -0.25) is 29.4 Å². The van der Waals surface area contributed by atoms with Crippen LogP contribution in [0.3, 0.4) is 0 Å². The number of pyridine rings is 1. The number of piperazine rings is 1. The lowest BCUT2D eigenvalue weighted by Crippen LogP contribution is -2.53. The van der Waals surface area contributed by atoms with Crippen molar-refractivity contribution in [3.8, 4) is 23.0 Å². The zero-order valence-electron chi connectivity index (χ0n) is 32.4. The highest BCUT2D eigenvalue weighted by Crippen LogP contribution is 2.39. The van der Waals surface area contributed by atoms with Crippen LogP contribution in [0, 0.1) is 5.92 Å². The standard InChI is InChI=1S/C43H45N7O8/c1-24-21-49(26-6-8-28(9-7-26)57-36-20-35-39(46-41(36)44)40(53)38-32(51)4-3-5-33(38)58-35)17-16-48(24)22-25-12-14-47(15-13-25)27-18-29-30(34(19-27)56-2)23-50(43(29)55)31-10-11-37(52)45-42(31)54/h3-9,18-20,24-25,31,51H,10-17,21-23H2,1-2H3,(H2,44,46)(H,45,52,54)/t24-,31?/m0/s1. The summed E-state index contributed by atoms with van der Waals surface area (Å²) in [5.41, 5.74) is 9.60. The third kappa shape index (κ3) is 6.78. The predicted octanol–water partition coefficient (Wildman–Crippen LogP) is 4.62. The molecule has 1 unspecified atom stereocenters. The van der Waals surface area contributed by atoms with Gasteiger partial charge in [0, 0.05) is 80.8 Å². The van der Waals surface area contributed by atoms with Crippen molar-refractivity contribution in [2.75, 3.05) is 61.9 Å². The summed E-state index contributed by atoms with van der Waals surface area (Å²) in [7, 11) is 1.61. The van der Waals surface area contributed by atoms with E-state index < -0.39 is 17.4 Å². The van der Waals surface area contributed by atoms with Crippen LogP contribution in [0.1, 0.15) is 48.5 Å². The summed E-state index contributed by atoms with van der Waals surface area (Å²) in [6, 6.07) is 17.7. The number of ether oxygens (including phenoxy) is 2. The Morgan fingerprint density at radius 3 is 2.45 bits per heavy atom. The zero-order valence-corrected chi connectivity index (χ0v) is 32.4. The van der Waals surface area contributed by atoms with Gasteiger partial charge in [-0.15, -0.1) is 0 Å². The minimum absolute atomic E-state index is 0.0189. The summed E-state index contributed by atoms with van der Waals surface area (Å²) in [6.07, 6.45) is 2.61. The van der Waals surface area contributed by atoms with Crippen molar-refractivity contribution in [1.82, 2.24) is 20.1 Å². The normalized spacial score (nSPS) is 20.5. The molecule has 3 saturated heterocycles. The molecular weight excluding hydrogens is 743 g/mol. The number of amides is 3. The first kappa shape index (κ1) is 37.2.